The van der Waals surface area contributed by atoms with Crippen molar-refractivity contribution in [1.82, 2.24) is 0 Å². The molecule has 448 valence electrons. The zero-order chi connectivity index (χ0) is 60.4. The molecule has 0 heterocycles. The zero-order valence-corrected chi connectivity index (χ0v) is 53.4. The van der Waals surface area contributed by atoms with E-state index in [0.717, 1.165) is 16.7 Å². The summed E-state index contributed by atoms with van der Waals surface area (Å²) in [5, 5.41) is 9.68. The second-order valence-electron chi connectivity index (χ2n) is 25.9. The Morgan fingerprint density at radius 3 is 1.35 bits per heavy atom. The van der Waals surface area contributed by atoms with E-state index in [1.165, 1.54) is 0 Å². The van der Waals surface area contributed by atoms with Crippen LogP contribution in [0.3, 0.4) is 0 Å². The van der Waals surface area contributed by atoms with Crippen molar-refractivity contribution in [3.8, 4) is 0 Å². The van der Waals surface area contributed by atoms with E-state index < -0.39 is 96.2 Å². The lowest BCUT2D eigenvalue weighted by atomic mass is 9.80. The molecule has 0 aromatic heterocycles. The number of rotatable bonds is 30. The van der Waals surface area contributed by atoms with Crippen molar-refractivity contribution in [3.05, 3.63) is 132 Å². The molecule has 5 nitrogen and oxygen atoms in total. The van der Waals surface area contributed by atoms with E-state index in [-0.39, 0.29) is 53.6 Å². The van der Waals surface area contributed by atoms with Crippen molar-refractivity contribution < 1.29 is 62.6 Å². The van der Waals surface area contributed by atoms with Gasteiger partial charge in [-0.1, -0.05) is 212 Å². The fourth-order valence-electron chi connectivity index (χ4n) is 9.94. The molecule has 0 aliphatic heterocycles. The molecule has 0 saturated heterocycles. The molecule has 79 heavy (non-hydrogen) atoms. The van der Waals surface area contributed by atoms with Gasteiger partial charge in [-0.15, -0.1) is 0 Å². The van der Waals surface area contributed by atoms with Crippen molar-refractivity contribution in [1.29, 1.82) is 0 Å². The monoisotopic (exact) mass is 1170 g/mol. The van der Waals surface area contributed by atoms with Gasteiger partial charge < -0.3 is 23.1 Å². The molecule has 0 aliphatic carbocycles. The van der Waals surface area contributed by atoms with Gasteiger partial charge in [0.05, 0.1) is 24.9 Å². The lowest BCUT2D eigenvalue weighted by Gasteiger charge is -2.45. The van der Waals surface area contributed by atoms with Gasteiger partial charge in [-0.2, -0.15) is 39.5 Å². The summed E-state index contributed by atoms with van der Waals surface area (Å²) in [6, 6.07) is 28.5. The highest BCUT2D eigenvalue weighted by atomic mass is 28.4. The fourth-order valence-corrected chi connectivity index (χ4v) is 17.4. The van der Waals surface area contributed by atoms with Gasteiger partial charge in [-0.3, -0.25) is 0 Å². The molecule has 0 bridgehead atoms. The molecular formula is C62H95F9O5Si3. The summed E-state index contributed by atoms with van der Waals surface area (Å²) < 4.78 is 159. The SMILES string of the molecule is CC(C)[Si](CCC(F)(F)C(F)(F)C(F)(F)C(F)(F)F)(O[C@H](C[C@@H](C=C[C@H](C)[C@H](O[Si](C)(C)C(C)(C)C)[C@@H](C)C[C@@H](C)CO)O[Si](C)(C)C(C)(C)C)[C@@H](C)/C=C/COC(c1ccccc1)(c1ccccc1)c1ccccc1)C(C)C. The third-order valence-electron chi connectivity index (χ3n) is 17.1. The summed E-state index contributed by atoms with van der Waals surface area (Å²) >= 11 is 0. The number of hydrogen-bond acceptors (Lipinski definition) is 5. The summed E-state index contributed by atoms with van der Waals surface area (Å²) in [6.07, 6.45) is -2.06. The molecule has 0 spiro atoms. The molecule has 0 saturated carbocycles. The molecule has 17 heteroatoms. The maximum atomic E-state index is 15.7. The van der Waals surface area contributed by atoms with Crippen molar-refractivity contribution in [2.45, 2.75) is 217 Å². The van der Waals surface area contributed by atoms with Crippen LogP contribution in [-0.4, -0.2) is 85.5 Å². The van der Waals surface area contributed by atoms with Crippen molar-refractivity contribution in [2.75, 3.05) is 13.2 Å². The van der Waals surface area contributed by atoms with Crippen LogP contribution >= 0.6 is 0 Å². The predicted molar refractivity (Wildman–Crippen MR) is 312 cm³/mol. The molecule has 0 amide bonds. The lowest BCUT2D eigenvalue weighted by Crippen LogP contribution is -2.61. The molecule has 3 aromatic rings. The quantitative estimate of drug-likeness (QED) is 0.0312. The number of benzene rings is 3. The number of halogens is 9. The summed E-state index contributed by atoms with van der Waals surface area (Å²) in [4.78, 5) is 0. The normalized spacial score (nSPS) is 17.1. The predicted octanol–water partition coefficient (Wildman–Crippen LogP) is 19.2. The topological polar surface area (TPSA) is 57.2 Å². The maximum Gasteiger partial charge on any atom is 0.460 e. The Morgan fingerprint density at radius 2 is 0.962 bits per heavy atom. The van der Waals surface area contributed by atoms with E-state index in [0.29, 0.717) is 6.42 Å². The molecule has 7 atom stereocenters. The molecular weight excluding hydrogens is 1080 g/mol. The Morgan fingerprint density at radius 1 is 0.532 bits per heavy atom. The van der Waals surface area contributed by atoms with Gasteiger partial charge >= 0.3 is 23.9 Å². The van der Waals surface area contributed by atoms with Gasteiger partial charge in [-0.25, -0.2) is 0 Å². The van der Waals surface area contributed by atoms with E-state index in [1.807, 2.05) is 123 Å². The second kappa shape index (κ2) is 27.6. The van der Waals surface area contributed by atoms with Crippen LogP contribution < -0.4 is 0 Å². The molecule has 0 unspecified atom stereocenters. The van der Waals surface area contributed by atoms with Gasteiger partial charge in [0.25, 0.3) is 0 Å². The minimum Gasteiger partial charge on any atom is -0.413 e. The van der Waals surface area contributed by atoms with Crippen molar-refractivity contribution in [3.63, 3.8) is 0 Å². The van der Waals surface area contributed by atoms with Gasteiger partial charge in [0.1, 0.15) is 5.60 Å². The number of alkyl halides is 9. The third-order valence-corrected chi connectivity index (χ3v) is 31.7. The Kier molecular flexibility index (Phi) is 24.5. The van der Waals surface area contributed by atoms with Gasteiger partial charge in [0.15, 0.2) is 25.0 Å². The fraction of sp³-hybridized carbons (Fsp3) is 0.645. The molecule has 0 fully saturated rings. The minimum atomic E-state index is -7.01. The van der Waals surface area contributed by atoms with Crippen molar-refractivity contribution >= 4 is 25.0 Å². The average Bonchev–Trinajstić information content (AvgIpc) is 3.36. The van der Waals surface area contributed by atoms with E-state index in [2.05, 4.69) is 87.7 Å². The second-order valence-corrected chi connectivity index (χ2v) is 40.4. The van der Waals surface area contributed by atoms with Crippen molar-refractivity contribution in [2.24, 2.45) is 23.7 Å². The smallest absolute Gasteiger partial charge is 0.413 e. The zero-order valence-electron chi connectivity index (χ0n) is 50.4. The van der Waals surface area contributed by atoms with Crippen LogP contribution in [0, 0.1) is 23.7 Å². The van der Waals surface area contributed by atoms with E-state index >= 15 is 17.6 Å². The van der Waals surface area contributed by atoms with Crippen LogP contribution in [0.5, 0.6) is 0 Å². The van der Waals surface area contributed by atoms with Crippen LogP contribution in [0.2, 0.25) is 53.4 Å². The lowest BCUT2D eigenvalue weighted by molar-refractivity contribution is -0.396. The van der Waals surface area contributed by atoms with E-state index in [1.54, 1.807) is 27.7 Å². The first-order valence-corrected chi connectivity index (χ1v) is 36.2. The van der Waals surface area contributed by atoms with E-state index in [9.17, 15) is 27.1 Å². The summed E-state index contributed by atoms with van der Waals surface area (Å²) in [6.45, 7) is 36.4. The van der Waals surface area contributed by atoms with E-state index in [4.69, 9.17) is 18.0 Å². The molecule has 3 aromatic carbocycles. The number of ether oxygens (including phenoxy) is 1. The summed E-state index contributed by atoms with van der Waals surface area (Å²) in [5.74, 6) is -20.2. The van der Waals surface area contributed by atoms with Crippen LogP contribution in [0.4, 0.5) is 39.5 Å². The summed E-state index contributed by atoms with van der Waals surface area (Å²) in [5.41, 5.74) is 0.334. The Balaban J connectivity index is 2.32. The third kappa shape index (κ3) is 17.1. The highest BCUT2D eigenvalue weighted by Gasteiger charge is 2.81. The largest absolute Gasteiger partial charge is 0.460 e. The first kappa shape index (κ1) is 70.2. The minimum absolute atomic E-state index is 0.0225. The molecule has 0 aliphatic rings. The summed E-state index contributed by atoms with van der Waals surface area (Å²) in [7, 11) is -8.90. The van der Waals surface area contributed by atoms with Gasteiger partial charge in [0.2, 0.25) is 0 Å². The highest BCUT2D eigenvalue weighted by Crippen LogP contribution is 2.56. The van der Waals surface area contributed by atoms with Crippen LogP contribution in [0.25, 0.3) is 0 Å². The average molecular weight is 1180 g/mol. The first-order chi connectivity index (χ1) is 36.1. The number of aliphatic hydroxyl groups excluding tert-OH is 1. The standard InChI is InChI=1S/C62H95F9O5Si3/c1-44(2)79(45(3)4,40-38-58(63,64)60(65,66)61(67,68)62(69,70)71)75-54(47(6)29-28-39-73-59(50-30-22-19-23-31-50,51-32-24-20-25-33-51)52-34-26-21-27-35-52)42-53(74-77(15,16)56(9,10)11)37-36-48(7)55(49(8)41-46(5)43-72)76-78(17,18)57(12,13)14/h19-37,44-49,53-55,72H,38-43H2,1-18H3/b29-28+,37-36?/t46-,47+,48+,49+,53-,54-,55+/m1/s1. The van der Waals surface area contributed by atoms with Crippen LogP contribution in [0.15, 0.2) is 115 Å². The molecule has 3 rings (SSSR count). The van der Waals surface area contributed by atoms with Crippen LogP contribution in [0.1, 0.15) is 133 Å². The number of aliphatic hydroxyl groups is 1. The van der Waals surface area contributed by atoms with Crippen LogP contribution in [-0.2, 0) is 23.6 Å². The number of hydrogen-bond donors (Lipinski definition) is 1. The maximum absolute atomic E-state index is 15.7. The Hall–Kier alpha value is -3.04. The Labute approximate surface area is 471 Å². The first-order valence-electron chi connectivity index (χ1n) is 28.1. The molecule has 0 radical (unpaired) electrons. The Bertz CT molecular complexity index is 2230. The highest BCUT2D eigenvalue weighted by molar-refractivity contribution is 6.76. The molecule has 1 N–H and O–H groups in total. The van der Waals surface area contributed by atoms with Gasteiger partial charge in [-0.05, 0) is 100 Å². The van der Waals surface area contributed by atoms with Gasteiger partial charge in [0, 0.05) is 19.4 Å².